The highest BCUT2D eigenvalue weighted by Crippen LogP contribution is 2.07. The molecule has 0 fully saturated rings. The lowest BCUT2D eigenvalue weighted by molar-refractivity contribution is 0.388. The average molecular weight is 214 g/mol. The molecule has 0 spiro atoms. The molecule has 2 atom stereocenters. The van der Waals surface area contributed by atoms with E-state index in [1.54, 1.807) is 0 Å². The van der Waals surface area contributed by atoms with Crippen LogP contribution in [0.4, 0.5) is 0 Å². The lowest BCUT2D eigenvalue weighted by Crippen LogP contribution is -2.31. The number of thiazole rings is 1. The van der Waals surface area contributed by atoms with Crippen molar-refractivity contribution >= 4 is 11.3 Å². The van der Waals surface area contributed by atoms with Gasteiger partial charge in [0.25, 0.3) is 0 Å². The van der Waals surface area contributed by atoms with Gasteiger partial charge in [0.1, 0.15) is 0 Å². The number of H-pyrrole nitrogens is 1. The van der Waals surface area contributed by atoms with Crippen LogP contribution < -0.4 is 10.2 Å². The van der Waals surface area contributed by atoms with Gasteiger partial charge in [0.2, 0.25) is 0 Å². The van der Waals surface area contributed by atoms with Crippen LogP contribution in [0.1, 0.15) is 32.9 Å². The summed E-state index contributed by atoms with van der Waals surface area (Å²) < 4.78 is 0. The molecule has 0 saturated carbocycles. The van der Waals surface area contributed by atoms with E-state index in [2.05, 4.69) is 31.1 Å². The molecule has 0 saturated heterocycles. The third kappa shape index (κ3) is 3.27. The van der Waals surface area contributed by atoms with Crippen molar-refractivity contribution in [1.82, 2.24) is 10.3 Å². The third-order valence-electron chi connectivity index (χ3n) is 2.68. The first-order valence-corrected chi connectivity index (χ1v) is 5.91. The molecule has 1 aromatic rings. The van der Waals surface area contributed by atoms with Crippen LogP contribution in [0.3, 0.4) is 0 Å². The topological polar surface area (TPSA) is 44.9 Å². The standard InChI is InChI=1S/C10H18N2OS/c1-4-7(2)8(3)11-5-9-6-14-10(13)12-9/h6-8,11H,4-5H2,1-3H3,(H,12,13). The molecule has 4 heteroatoms. The molecule has 0 aliphatic rings. The number of rotatable bonds is 5. The van der Waals surface area contributed by atoms with E-state index in [0.29, 0.717) is 12.0 Å². The second-order valence-electron chi connectivity index (χ2n) is 3.73. The van der Waals surface area contributed by atoms with Crippen molar-refractivity contribution in [2.75, 3.05) is 0 Å². The molecule has 0 aliphatic carbocycles. The molecule has 1 heterocycles. The summed E-state index contributed by atoms with van der Waals surface area (Å²) in [6.45, 7) is 7.35. The monoisotopic (exact) mass is 214 g/mol. The first-order valence-electron chi connectivity index (χ1n) is 5.03. The molecule has 0 aromatic carbocycles. The summed E-state index contributed by atoms with van der Waals surface area (Å²) in [5.41, 5.74) is 0.982. The second-order valence-corrected chi connectivity index (χ2v) is 4.57. The summed E-state index contributed by atoms with van der Waals surface area (Å²) >= 11 is 1.22. The zero-order valence-corrected chi connectivity index (χ0v) is 9.78. The minimum atomic E-state index is 0.0259. The highest BCUT2D eigenvalue weighted by molar-refractivity contribution is 7.07. The molecule has 0 radical (unpaired) electrons. The number of hydrogen-bond acceptors (Lipinski definition) is 3. The van der Waals surface area contributed by atoms with Gasteiger partial charge in [-0.2, -0.15) is 0 Å². The second kappa shape index (κ2) is 5.32. The zero-order chi connectivity index (χ0) is 10.6. The van der Waals surface area contributed by atoms with Gasteiger partial charge in [-0.25, -0.2) is 0 Å². The van der Waals surface area contributed by atoms with Gasteiger partial charge < -0.3 is 10.3 Å². The van der Waals surface area contributed by atoms with Crippen LogP contribution in [0.5, 0.6) is 0 Å². The molecule has 80 valence electrons. The molecule has 0 amide bonds. The quantitative estimate of drug-likeness (QED) is 0.787. The molecular formula is C10H18N2OS. The predicted octanol–water partition coefficient (Wildman–Crippen LogP) is 1.96. The molecule has 1 rings (SSSR count). The van der Waals surface area contributed by atoms with Gasteiger partial charge >= 0.3 is 4.87 Å². The van der Waals surface area contributed by atoms with Crippen LogP contribution in [0.15, 0.2) is 10.2 Å². The van der Waals surface area contributed by atoms with E-state index in [-0.39, 0.29) is 4.87 Å². The molecule has 0 bridgehead atoms. The molecule has 2 unspecified atom stereocenters. The van der Waals surface area contributed by atoms with Crippen LogP contribution in [0.2, 0.25) is 0 Å². The molecular weight excluding hydrogens is 196 g/mol. The van der Waals surface area contributed by atoms with E-state index in [1.165, 1.54) is 17.8 Å². The van der Waals surface area contributed by atoms with Crippen molar-refractivity contribution in [1.29, 1.82) is 0 Å². The van der Waals surface area contributed by atoms with Gasteiger partial charge in [-0.15, -0.1) is 0 Å². The highest BCUT2D eigenvalue weighted by Gasteiger charge is 2.09. The van der Waals surface area contributed by atoms with Gasteiger partial charge in [-0.1, -0.05) is 31.6 Å². The van der Waals surface area contributed by atoms with Crippen LogP contribution in [-0.2, 0) is 6.54 Å². The smallest absolute Gasteiger partial charge is 0.304 e. The molecule has 0 aliphatic heterocycles. The molecule has 14 heavy (non-hydrogen) atoms. The fourth-order valence-electron chi connectivity index (χ4n) is 1.23. The van der Waals surface area contributed by atoms with Gasteiger partial charge in [0.05, 0.1) is 0 Å². The number of hydrogen-bond donors (Lipinski definition) is 2. The lowest BCUT2D eigenvalue weighted by atomic mass is 10.0. The fraction of sp³-hybridized carbons (Fsp3) is 0.700. The van der Waals surface area contributed by atoms with Crippen LogP contribution in [0.25, 0.3) is 0 Å². The van der Waals surface area contributed by atoms with E-state index in [0.717, 1.165) is 12.2 Å². The van der Waals surface area contributed by atoms with Gasteiger partial charge in [-0.05, 0) is 12.8 Å². The Balaban J connectivity index is 2.37. The average Bonchev–Trinajstić information content (AvgIpc) is 2.59. The summed E-state index contributed by atoms with van der Waals surface area (Å²) in [7, 11) is 0. The maximum absolute atomic E-state index is 10.9. The van der Waals surface area contributed by atoms with Crippen molar-refractivity contribution in [3.63, 3.8) is 0 Å². The Kier molecular flexibility index (Phi) is 4.35. The van der Waals surface area contributed by atoms with Crippen LogP contribution >= 0.6 is 11.3 Å². The Hall–Kier alpha value is -0.610. The van der Waals surface area contributed by atoms with Crippen molar-refractivity contribution in [2.24, 2.45) is 5.92 Å². The van der Waals surface area contributed by atoms with Crippen molar-refractivity contribution in [2.45, 2.75) is 39.8 Å². The zero-order valence-electron chi connectivity index (χ0n) is 8.96. The van der Waals surface area contributed by atoms with Crippen molar-refractivity contribution < 1.29 is 0 Å². The first-order chi connectivity index (χ1) is 6.63. The molecule has 3 nitrogen and oxygen atoms in total. The summed E-state index contributed by atoms with van der Waals surface area (Å²) in [6.07, 6.45) is 1.17. The Morgan fingerprint density at radius 1 is 1.57 bits per heavy atom. The molecule has 1 aromatic heterocycles. The number of aromatic nitrogens is 1. The Morgan fingerprint density at radius 2 is 2.29 bits per heavy atom. The SMILES string of the molecule is CCC(C)C(C)NCc1csc(=O)[nH]1. The Bertz CT molecular complexity index is 318. The third-order valence-corrected chi connectivity index (χ3v) is 3.40. The minimum Gasteiger partial charge on any atom is -0.315 e. The van der Waals surface area contributed by atoms with Gasteiger partial charge in [0.15, 0.2) is 0 Å². The maximum Gasteiger partial charge on any atom is 0.304 e. The molecule has 2 N–H and O–H groups in total. The number of aromatic amines is 1. The van der Waals surface area contributed by atoms with E-state index >= 15 is 0 Å². The predicted molar refractivity (Wildman–Crippen MR) is 60.7 cm³/mol. The van der Waals surface area contributed by atoms with Crippen LogP contribution in [0, 0.1) is 5.92 Å². The van der Waals surface area contributed by atoms with E-state index in [4.69, 9.17) is 0 Å². The summed E-state index contributed by atoms with van der Waals surface area (Å²) in [5, 5.41) is 5.27. The largest absolute Gasteiger partial charge is 0.315 e. The van der Waals surface area contributed by atoms with Crippen molar-refractivity contribution in [3.8, 4) is 0 Å². The summed E-state index contributed by atoms with van der Waals surface area (Å²) in [5.74, 6) is 0.667. The van der Waals surface area contributed by atoms with Gasteiger partial charge in [0, 0.05) is 23.7 Å². The normalized spacial score (nSPS) is 15.4. The number of nitrogens with one attached hydrogen (secondary N) is 2. The lowest BCUT2D eigenvalue weighted by Gasteiger charge is -2.19. The summed E-state index contributed by atoms with van der Waals surface area (Å²) in [4.78, 5) is 13.7. The first kappa shape index (κ1) is 11.5. The van der Waals surface area contributed by atoms with E-state index in [9.17, 15) is 4.79 Å². The van der Waals surface area contributed by atoms with E-state index < -0.39 is 0 Å². The van der Waals surface area contributed by atoms with Crippen LogP contribution in [-0.4, -0.2) is 11.0 Å². The Labute approximate surface area is 88.6 Å². The summed E-state index contributed by atoms with van der Waals surface area (Å²) in [6, 6.07) is 0.489. The van der Waals surface area contributed by atoms with Crippen molar-refractivity contribution in [3.05, 3.63) is 20.7 Å². The van der Waals surface area contributed by atoms with E-state index in [1.807, 2.05) is 5.38 Å². The Morgan fingerprint density at radius 3 is 2.79 bits per heavy atom. The maximum atomic E-state index is 10.9. The minimum absolute atomic E-state index is 0.0259. The fourth-order valence-corrected chi connectivity index (χ4v) is 1.81. The van der Waals surface area contributed by atoms with Gasteiger partial charge in [-0.3, -0.25) is 4.79 Å². The highest BCUT2D eigenvalue weighted by atomic mass is 32.1.